The molecule has 31 heavy (non-hydrogen) atoms. The topological polar surface area (TPSA) is 76.9 Å². The Balaban J connectivity index is 1.69. The van der Waals surface area contributed by atoms with E-state index >= 15 is 0 Å². The normalized spacial score (nSPS) is 10.8. The number of thioether (sulfide) groups is 1. The summed E-state index contributed by atoms with van der Waals surface area (Å²) in [6.45, 7) is 1.47. The summed E-state index contributed by atoms with van der Waals surface area (Å²) in [5.41, 5.74) is 2.22. The van der Waals surface area contributed by atoms with Gasteiger partial charge in [-0.2, -0.15) is 0 Å². The molecular weight excluding hydrogens is 435 g/mol. The van der Waals surface area contributed by atoms with Crippen molar-refractivity contribution in [3.05, 3.63) is 77.2 Å². The predicted octanol–water partition coefficient (Wildman–Crippen LogP) is 5.31. The van der Waals surface area contributed by atoms with Crippen molar-refractivity contribution in [1.82, 2.24) is 14.5 Å². The highest BCUT2D eigenvalue weighted by Crippen LogP contribution is 2.32. The van der Waals surface area contributed by atoms with Gasteiger partial charge in [0.15, 0.2) is 16.1 Å². The van der Waals surface area contributed by atoms with Crippen LogP contribution < -0.4 is 5.32 Å². The number of anilines is 1. The molecule has 2 aromatic heterocycles. The predicted molar refractivity (Wildman–Crippen MR) is 121 cm³/mol. The SMILES string of the molecule is CSc1ncc(C(=O)Nc2nc(-c3ccccc3)c(C(C)=O)s2)n1-c1ccc(F)cc1. The second kappa shape index (κ2) is 8.83. The number of nitrogens with one attached hydrogen (secondary N) is 1. The Labute approximate surface area is 186 Å². The number of halogens is 1. The van der Waals surface area contributed by atoms with Crippen molar-refractivity contribution in [3.63, 3.8) is 0 Å². The number of nitrogens with zero attached hydrogens (tertiary/aromatic N) is 3. The van der Waals surface area contributed by atoms with Gasteiger partial charge in [0.1, 0.15) is 11.5 Å². The molecule has 2 heterocycles. The molecule has 9 heteroatoms. The maximum atomic E-state index is 13.4. The van der Waals surface area contributed by atoms with E-state index in [2.05, 4.69) is 15.3 Å². The number of hydrogen-bond donors (Lipinski definition) is 1. The highest BCUT2D eigenvalue weighted by atomic mass is 32.2. The molecule has 0 radical (unpaired) electrons. The number of thiazole rings is 1. The molecule has 6 nitrogen and oxygen atoms in total. The largest absolute Gasteiger partial charge is 0.296 e. The number of carbonyl (C=O) groups excluding carboxylic acids is 2. The maximum absolute atomic E-state index is 13.4. The van der Waals surface area contributed by atoms with Gasteiger partial charge in [-0.1, -0.05) is 53.4 Å². The Hall–Kier alpha value is -3.30. The molecular formula is C22H17FN4O2S2. The third-order valence-corrected chi connectivity index (χ3v) is 6.17. The molecule has 0 spiro atoms. The molecule has 0 atom stereocenters. The van der Waals surface area contributed by atoms with Crippen molar-refractivity contribution in [2.24, 2.45) is 0 Å². The second-order valence-electron chi connectivity index (χ2n) is 6.52. The second-order valence-corrected chi connectivity index (χ2v) is 8.29. The quantitative estimate of drug-likeness (QED) is 0.317. The van der Waals surface area contributed by atoms with E-state index in [9.17, 15) is 14.0 Å². The van der Waals surface area contributed by atoms with E-state index in [-0.39, 0.29) is 17.3 Å². The van der Waals surface area contributed by atoms with E-state index in [4.69, 9.17) is 0 Å². The monoisotopic (exact) mass is 452 g/mol. The van der Waals surface area contributed by atoms with Crippen LogP contribution in [0, 0.1) is 5.82 Å². The summed E-state index contributed by atoms with van der Waals surface area (Å²) >= 11 is 2.49. The lowest BCUT2D eigenvalue weighted by atomic mass is 10.1. The van der Waals surface area contributed by atoms with Crippen LogP contribution in [0.1, 0.15) is 27.1 Å². The van der Waals surface area contributed by atoms with E-state index in [0.29, 0.717) is 26.5 Å². The fourth-order valence-corrected chi connectivity index (χ4v) is 4.47. The van der Waals surface area contributed by atoms with Crippen LogP contribution in [0.15, 0.2) is 66.0 Å². The van der Waals surface area contributed by atoms with E-state index < -0.39 is 5.91 Å². The summed E-state index contributed by atoms with van der Waals surface area (Å²) < 4.78 is 15.0. The Kier molecular flexibility index (Phi) is 5.97. The highest BCUT2D eigenvalue weighted by Gasteiger charge is 2.22. The summed E-state index contributed by atoms with van der Waals surface area (Å²) in [4.78, 5) is 34.4. The highest BCUT2D eigenvalue weighted by molar-refractivity contribution is 7.98. The molecule has 0 unspecified atom stereocenters. The first-order valence-corrected chi connectivity index (χ1v) is 11.3. The number of Topliss-reactive ketones (excluding diaryl/α,β-unsaturated/α-hetero) is 1. The molecule has 2 aromatic carbocycles. The first-order chi connectivity index (χ1) is 15.0. The van der Waals surface area contributed by atoms with Gasteiger partial charge in [-0.3, -0.25) is 19.5 Å². The molecule has 0 fully saturated rings. The number of rotatable bonds is 6. The van der Waals surface area contributed by atoms with Crippen molar-refractivity contribution in [2.45, 2.75) is 12.1 Å². The zero-order valence-corrected chi connectivity index (χ0v) is 18.3. The third kappa shape index (κ3) is 4.28. The standard InChI is InChI=1S/C22H17FN4O2S2/c1-13(28)19-18(14-6-4-3-5-7-14)25-21(31-19)26-20(29)17-12-24-22(30-2)27(17)16-10-8-15(23)9-11-16/h3-12H,1-2H3,(H,25,26,29). The molecule has 0 aliphatic rings. The first-order valence-electron chi connectivity index (χ1n) is 9.24. The van der Waals surface area contributed by atoms with Crippen LogP contribution in [0.2, 0.25) is 0 Å². The van der Waals surface area contributed by atoms with Crippen LogP contribution in [-0.2, 0) is 0 Å². The molecule has 0 aliphatic heterocycles. The van der Waals surface area contributed by atoms with Gasteiger partial charge in [0, 0.05) is 18.2 Å². The van der Waals surface area contributed by atoms with Crippen LogP contribution >= 0.6 is 23.1 Å². The summed E-state index contributed by atoms with van der Waals surface area (Å²) in [5.74, 6) is -0.924. The average Bonchev–Trinajstić information content (AvgIpc) is 3.39. The summed E-state index contributed by atoms with van der Waals surface area (Å²) in [7, 11) is 0. The fourth-order valence-electron chi connectivity index (χ4n) is 3.04. The number of carbonyl (C=O) groups is 2. The van der Waals surface area contributed by atoms with Crippen LogP contribution in [0.5, 0.6) is 0 Å². The van der Waals surface area contributed by atoms with Gasteiger partial charge >= 0.3 is 0 Å². The summed E-state index contributed by atoms with van der Waals surface area (Å²) in [6.07, 6.45) is 3.30. The summed E-state index contributed by atoms with van der Waals surface area (Å²) in [6, 6.07) is 15.1. The van der Waals surface area contributed by atoms with Crippen molar-refractivity contribution < 1.29 is 14.0 Å². The van der Waals surface area contributed by atoms with Gasteiger partial charge in [-0.05, 0) is 30.5 Å². The minimum Gasteiger partial charge on any atom is -0.296 e. The number of ketones is 1. The van der Waals surface area contributed by atoms with Crippen LogP contribution in [-0.4, -0.2) is 32.5 Å². The number of amides is 1. The van der Waals surface area contributed by atoms with Crippen molar-refractivity contribution in [3.8, 4) is 16.9 Å². The van der Waals surface area contributed by atoms with Gasteiger partial charge in [0.2, 0.25) is 0 Å². The van der Waals surface area contributed by atoms with Crippen LogP contribution in [0.3, 0.4) is 0 Å². The van der Waals surface area contributed by atoms with E-state index in [1.165, 1.54) is 37.0 Å². The van der Waals surface area contributed by atoms with Crippen molar-refractivity contribution >= 4 is 39.9 Å². The number of imidazole rings is 1. The smallest absolute Gasteiger partial charge is 0.276 e. The lowest BCUT2D eigenvalue weighted by Crippen LogP contribution is -2.16. The fraction of sp³-hybridized carbons (Fsp3) is 0.0909. The van der Waals surface area contributed by atoms with E-state index in [1.54, 1.807) is 16.7 Å². The maximum Gasteiger partial charge on any atom is 0.276 e. The zero-order chi connectivity index (χ0) is 22.0. The lowest BCUT2D eigenvalue weighted by Gasteiger charge is -2.10. The lowest BCUT2D eigenvalue weighted by molar-refractivity contribution is 0.101. The van der Waals surface area contributed by atoms with Crippen molar-refractivity contribution in [2.75, 3.05) is 11.6 Å². The van der Waals surface area contributed by atoms with Gasteiger partial charge in [-0.15, -0.1) is 0 Å². The number of benzene rings is 2. The number of aromatic nitrogens is 3. The molecule has 0 bridgehead atoms. The molecule has 1 N–H and O–H groups in total. The Morgan fingerprint density at radius 2 is 1.81 bits per heavy atom. The molecule has 0 saturated carbocycles. The van der Waals surface area contributed by atoms with Gasteiger partial charge in [0.25, 0.3) is 5.91 Å². The molecule has 0 saturated heterocycles. The van der Waals surface area contributed by atoms with E-state index in [1.807, 2.05) is 36.6 Å². The molecule has 4 rings (SSSR count). The summed E-state index contributed by atoms with van der Waals surface area (Å²) in [5, 5.41) is 3.67. The van der Waals surface area contributed by atoms with E-state index in [0.717, 1.165) is 16.9 Å². The molecule has 156 valence electrons. The molecule has 0 aliphatic carbocycles. The molecule has 1 amide bonds. The Morgan fingerprint density at radius 1 is 1.10 bits per heavy atom. The van der Waals surface area contributed by atoms with Crippen molar-refractivity contribution in [1.29, 1.82) is 0 Å². The van der Waals surface area contributed by atoms with Gasteiger partial charge in [0.05, 0.1) is 16.8 Å². The zero-order valence-electron chi connectivity index (χ0n) is 16.6. The minimum absolute atomic E-state index is 0.127. The average molecular weight is 453 g/mol. The molecule has 4 aromatic rings. The first kappa shape index (κ1) is 21.0. The number of hydrogen-bond acceptors (Lipinski definition) is 6. The Morgan fingerprint density at radius 3 is 2.45 bits per heavy atom. The van der Waals surface area contributed by atoms with Crippen LogP contribution in [0.25, 0.3) is 16.9 Å². The minimum atomic E-state index is -0.430. The third-order valence-electron chi connectivity index (χ3n) is 4.44. The van der Waals surface area contributed by atoms with Crippen LogP contribution in [0.4, 0.5) is 9.52 Å². The van der Waals surface area contributed by atoms with Gasteiger partial charge < -0.3 is 0 Å². The Bertz CT molecular complexity index is 1250. The van der Waals surface area contributed by atoms with Gasteiger partial charge in [-0.25, -0.2) is 14.4 Å².